The quantitative estimate of drug-likeness (QED) is 0.771. The minimum atomic E-state index is -0.325. The Hall–Kier alpha value is -1.35. The highest BCUT2D eigenvalue weighted by molar-refractivity contribution is 5.88. The van der Waals surface area contributed by atoms with Crippen molar-refractivity contribution in [1.82, 2.24) is 0 Å². The van der Waals surface area contributed by atoms with Gasteiger partial charge in [-0.15, -0.1) is 0 Å². The Morgan fingerprint density at radius 2 is 2.05 bits per heavy atom. The minimum Gasteiger partial charge on any atom is -0.508 e. The molecule has 0 amide bonds. The van der Waals surface area contributed by atoms with Gasteiger partial charge >= 0.3 is 0 Å². The van der Waals surface area contributed by atoms with Gasteiger partial charge in [0.2, 0.25) is 0 Å². The van der Waals surface area contributed by atoms with Crippen molar-refractivity contribution < 1.29 is 15.0 Å². The van der Waals surface area contributed by atoms with Crippen LogP contribution < -0.4 is 0 Å². The fourth-order valence-corrected chi connectivity index (χ4v) is 5.36. The second-order valence-corrected chi connectivity index (χ2v) is 7.41. The van der Waals surface area contributed by atoms with Crippen LogP contribution in [-0.4, -0.2) is 22.1 Å². The summed E-state index contributed by atoms with van der Waals surface area (Å²) >= 11 is 0. The average Bonchev–Trinajstić information content (AvgIpc) is 2.74. The summed E-state index contributed by atoms with van der Waals surface area (Å²) in [7, 11) is 0. The van der Waals surface area contributed by atoms with E-state index in [0.717, 1.165) is 36.8 Å². The summed E-state index contributed by atoms with van der Waals surface area (Å²) < 4.78 is 0. The topological polar surface area (TPSA) is 57.5 Å². The maximum absolute atomic E-state index is 12.8. The molecule has 3 nitrogen and oxygen atoms in total. The van der Waals surface area contributed by atoms with Crippen LogP contribution in [0.1, 0.15) is 49.7 Å². The molecular weight excluding hydrogens is 264 g/mol. The highest BCUT2D eigenvalue weighted by Crippen LogP contribution is 2.59. The Balaban J connectivity index is 1.78. The van der Waals surface area contributed by atoms with Crippen molar-refractivity contribution in [1.29, 1.82) is 0 Å². The molecule has 0 unspecified atom stereocenters. The zero-order chi connectivity index (χ0) is 14.8. The summed E-state index contributed by atoms with van der Waals surface area (Å²) in [6.45, 7) is 2.11. The van der Waals surface area contributed by atoms with Gasteiger partial charge in [0.05, 0.1) is 6.10 Å². The third-order valence-corrected chi connectivity index (χ3v) is 6.42. The number of aliphatic hydroxyl groups is 1. The van der Waals surface area contributed by atoms with E-state index < -0.39 is 0 Å². The Labute approximate surface area is 125 Å². The third kappa shape index (κ3) is 1.73. The van der Waals surface area contributed by atoms with Crippen LogP contribution in [0.15, 0.2) is 18.2 Å². The fourth-order valence-electron chi connectivity index (χ4n) is 5.36. The lowest BCUT2D eigenvalue weighted by Crippen LogP contribution is -2.48. The second kappa shape index (κ2) is 4.33. The first kappa shape index (κ1) is 13.3. The van der Waals surface area contributed by atoms with Crippen LogP contribution in [0.3, 0.4) is 0 Å². The first-order valence-corrected chi connectivity index (χ1v) is 8.03. The Morgan fingerprint density at radius 1 is 1.24 bits per heavy atom. The van der Waals surface area contributed by atoms with Gasteiger partial charge < -0.3 is 10.2 Å². The summed E-state index contributed by atoms with van der Waals surface area (Å²) in [5.74, 6) is 1.38. The Kier molecular flexibility index (Phi) is 2.74. The summed E-state index contributed by atoms with van der Waals surface area (Å²) in [6, 6.07) is 5.45. The third-order valence-electron chi connectivity index (χ3n) is 6.42. The van der Waals surface area contributed by atoms with Crippen molar-refractivity contribution in [3.8, 4) is 5.75 Å². The number of phenols is 1. The van der Waals surface area contributed by atoms with Gasteiger partial charge in [-0.05, 0) is 60.8 Å². The summed E-state index contributed by atoms with van der Waals surface area (Å²) in [5.41, 5.74) is 2.04. The number of aliphatic hydroxyl groups excluding tert-OH is 1. The molecule has 0 heterocycles. The Bertz CT molecular complexity index is 608. The standard InChI is InChI=1S/C18H22O3/c1-18-9-15(20)17-12-5-3-11(19)8-10(12)2-4-13(17)14(18)6-7-16(18)21/h3,5,8,13-14,16-17,19,21H,2,4,6-7,9H2,1H3/t13-,14-,16+,17+,18-/m0/s1. The molecule has 0 spiro atoms. The normalized spacial score (nSPS) is 41.3. The van der Waals surface area contributed by atoms with Crippen LogP contribution in [0.25, 0.3) is 0 Å². The molecular formula is C18H22O3. The smallest absolute Gasteiger partial charge is 0.141 e. The number of aryl methyl sites for hydroxylation is 1. The van der Waals surface area contributed by atoms with Crippen molar-refractivity contribution in [3.05, 3.63) is 29.3 Å². The van der Waals surface area contributed by atoms with Crippen molar-refractivity contribution in [2.24, 2.45) is 17.3 Å². The molecule has 0 aliphatic heterocycles. The molecule has 5 atom stereocenters. The van der Waals surface area contributed by atoms with Gasteiger partial charge in [-0.1, -0.05) is 13.0 Å². The largest absolute Gasteiger partial charge is 0.508 e. The van der Waals surface area contributed by atoms with E-state index in [9.17, 15) is 15.0 Å². The SMILES string of the molecule is C[C@]12CC(=O)[C@@H]3c4ccc(O)cc4CC[C@H]3[C@@H]1CC[C@H]2O. The number of hydrogen-bond donors (Lipinski definition) is 2. The van der Waals surface area contributed by atoms with Crippen LogP contribution in [0.2, 0.25) is 0 Å². The predicted molar refractivity (Wildman–Crippen MR) is 79.1 cm³/mol. The summed E-state index contributed by atoms with van der Waals surface area (Å²) in [4.78, 5) is 12.8. The van der Waals surface area contributed by atoms with Crippen molar-refractivity contribution in [2.75, 3.05) is 0 Å². The van der Waals surface area contributed by atoms with Crippen LogP contribution in [-0.2, 0) is 11.2 Å². The van der Waals surface area contributed by atoms with E-state index in [1.165, 1.54) is 0 Å². The zero-order valence-corrected chi connectivity index (χ0v) is 12.4. The number of phenolic OH excluding ortho intramolecular Hbond substituents is 1. The lowest BCUT2D eigenvalue weighted by molar-refractivity contribution is -0.134. The summed E-state index contributed by atoms with van der Waals surface area (Å²) in [6.07, 6.45) is 3.98. The molecule has 3 heteroatoms. The molecule has 3 aliphatic rings. The summed E-state index contributed by atoms with van der Waals surface area (Å²) in [5, 5.41) is 20.0. The van der Waals surface area contributed by atoms with Gasteiger partial charge in [0.15, 0.2) is 0 Å². The first-order valence-electron chi connectivity index (χ1n) is 8.03. The Morgan fingerprint density at radius 3 is 2.86 bits per heavy atom. The average molecular weight is 286 g/mol. The van der Waals surface area contributed by atoms with Crippen molar-refractivity contribution >= 4 is 5.78 Å². The number of aromatic hydroxyl groups is 1. The maximum Gasteiger partial charge on any atom is 0.141 e. The number of hydrogen-bond acceptors (Lipinski definition) is 3. The molecule has 4 rings (SSSR count). The number of rotatable bonds is 0. The highest BCUT2D eigenvalue weighted by Gasteiger charge is 2.57. The number of ketones is 1. The monoisotopic (exact) mass is 286 g/mol. The van der Waals surface area contributed by atoms with E-state index in [1.54, 1.807) is 6.07 Å². The molecule has 2 N–H and O–H groups in total. The molecule has 3 aliphatic carbocycles. The molecule has 0 aromatic heterocycles. The van der Waals surface area contributed by atoms with E-state index in [2.05, 4.69) is 6.92 Å². The number of carbonyl (C=O) groups excluding carboxylic acids is 1. The van der Waals surface area contributed by atoms with Crippen LogP contribution in [0.4, 0.5) is 0 Å². The first-order chi connectivity index (χ1) is 10.0. The van der Waals surface area contributed by atoms with E-state index in [1.807, 2.05) is 12.1 Å². The van der Waals surface area contributed by atoms with Crippen LogP contribution in [0, 0.1) is 17.3 Å². The molecule has 0 bridgehead atoms. The minimum absolute atomic E-state index is 0.0160. The van der Waals surface area contributed by atoms with Crippen molar-refractivity contribution in [3.63, 3.8) is 0 Å². The predicted octanol–water partition coefficient (Wildman–Crippen LogP) is 2.79. The van der Waals surface area contributed by atoms with Gasteiger partial charge in [0, 0.05) is 17.8 Å². The molecule has 1 aromatic rings. The molecule has 2 saturated carbocycles. The van der Waals surface area contributed by atoms with E-state index in [4.69, 9.17) is 0 Å². The van der Waals surface area contributed by atoms with Gasteiger partial charge in [0.1, 0.15) is 11.5 Å². The van der Waals surface area contributed by atoms with Crippen LogP contribution >= 0.6 is 0 Å². The number of carbonyl (C=O) groups is 1. The molecule has 1 aromatic carbocycles. The van der Waals surface area contributed by atoms with Gasteiger partial charge in [-0.2, -0.15) is 0 Å². The molecule has 21 heavy (non-hydrogen) atoms. The highest BCUT2D eigenvalue weighted by atomic mass is 16.3. The van der Waals surface area contributed by atoms with E-state index >= 15 is 0 Å². The lowest BCUT2D eigenvalue weighted by Gasteiger charge is -2.49. The number of Topliss-reactive ketones (excluding diaryl/α,β-unsaturated/α-hetero) is 1. The van der Waals surface area contributed by atoms with Crippen LogP contribution in [0.5, 0.6) is 5.75 Å². The zero-order valence-electron chi connectivity index (χ0n) is 12.4. The van der Waals surface area contributed by atoms with Crippen molar-refractivity contribution in [2.45, 2.75) is 51.0 Å². The molecule has 2 fully saturated rings. The molecule has 0 saturated heterocycles. The van der Waals surface area contributed by atoms with E-state index in [0.29, 0.717) is 18.3 Å². The van der Waals surface area contributed by atoms with Gasteiger partial charge in [0.25, 0.3) is 0 Å². The number of benzene rings is 1. The molecule has 0 radical (unpaired) electrons. The van der Waals surface area contributed by atoms with Gasteiger partial charge in [-0.3, -0.25) is 4.79 Å². The fraction of sp³-hybridized carbons (Fsp3) is 0.611. The lowest BCUT2D eigenvalue weighted by atomic mass is 9.55. The maximum atomic E-state index is 12.8. The second-order valence-electron chi connectivity index (χ2n) is 7.41. The number of fused-ring (bicyclic) bond motifs is 5. The van der Waals surface area contributed by atoms with E-state index in [-0.39, 0.29) is 29.0 Å². The molecule has 112 valence electrons. The van der Waals surface area contributed by atoms with Gasteiger partial charge in [-0.25, -0.2) is 0 Å².